The van der Waals surface area contributed by atoms with E-state index in [4.69, 9.17) is 0 Å². The molecule has 0 aliphatic carbocycles. The van der Waals surface area contributed by atoms with Gasteiger partial charge in [0, 0.05) is 19.3 Å². The standard InChI is InChI=1S/C17H21FN4O/c1-12(2)7-9-19-16(23)15-8-10-20-17(22-15)21-11-13-3-5-14(18)6-4-13/h3-6,8,10,12H,7,9,11H2,1-2H3,(H,19,23)(H,20,21,22). The Labute approximate surface area is 135 Å². The molecule has 0 spiro atoms. The molecule has 0 bridgehead atoms. The van der Waals surface area contributed by atoms with Crippen molar-refractivity contribution < 1.29 is 9.18 Å². The molecule has 2 N–H and O–H groups in total. The second-order valence-corrected chi connectivity index (χ2v) is 5.68. The summed E-state index contributed by atoms with van der Waals surface area (Å²) in [6, 6.07) is 7.75. The summed E-state index contributed by atoms with van der Waals surface area (Å²) in [5.41, 5.74) is 1.23. The maximum Gasteiger partial charge on any atom is 0.270 e. The Hall–Kier alpha value is -2.50. The number of hydrogen-bond donors (Lipinski definition) is 2. The summed E-state index contributed by atoms with van der Waals surface area (Å²) < 4.78 is 12.9. The molecular weight excluding hydrogens is 295 g/mol. The molecule has 2 rings (SSSR count). The predicted octanol–water partition coefficient (Wildman–Crippen LogP) is 3.00. The number of hydrogen-bond acceptors (Lipinski definition) is 4. The van der Waals surface area contributed by atoms with Crippen LogP contribution in [0.3, 0.4) is 0 Å². The van der Waals surface area contributed by atoms with Gasteiger partial charge in [0.05, 0.1) is 0 Å². The third kappa shape index (κ3) is 5.65. The van der Waals surface area contributed by atoms with Crippen LogP contribution in [0, 0.1) is 11.7 Å². The average Bonchev–Trinajstić information content (AvgIpc) is 2.54. The van der Waals surface area contributed by atoms with E-state index in [1.54, 1.807) is 18.2 Å². The highest BCUT2D eigenvalue weighted by molar-refractivity contribution is 5.92. The Bertz CT molecular complexity index is 643. The van der Waals surface area contributed by atoms with Crippen LogP contribution < -0.4 is 10.6 Å². The molecule has 0 saturated heterocycles. The largest absolute Gasteiger partial charge is 0.351 e. The number of benzene rings is 1. The van der Waals surface area contributed by atoms with Crippen molar-refractivity contribution in [2.24, 2.45) is 5.92 Å². The lowest BCUT2D eigenvalue weighted by molar-refractivity contribution is 0.0947. The number of amides is 1. The Kier molecular flexibility index (Phi) is 6.02. The van der Waals surface area contributed by atoms with Crippen LogP contribution in [-0.4, -0.2) is 22.4 Å². The number of nitrogens with zero attached hydrogens (tertiary/aromatic N) is 2. The van der Waals surface area contributed by atoms with Crippen LogP contribution in [0.15, 0.2) is 36.5 Å². The normalized spacial score (nSPS) is 10.6. The topological polar surface area (TPSA) is 66.9 Å². The SMILES string of the molecule is CC(C)CCNC(=O)c1ccnc(NCc2ccc(F)cc2)n1. The first kappa shape index (κ1) is 16.9. The van der Waals surface area contributed by atoms with E-state index in [9.17, 15) is 9.18 Å². The third-order valence-electron chi connectivity index (χ3n) is 3.26. The summed E-state index contributed by atoms with van der Waals surface area (Å²) in [7, 11) is 0. The molecule has 2 aromatic rings. The number of aromatic nitrogens is 2. The van der Waals surface area contributed by atoms with Crippen molar-refractivity contribution in [3.8, 4) is 0 Å². The molecule has 0 saturated carbocycles. The van der Waals surface area contributed by atoms with Gasteiger partial charge in [-0.2, -0.15) is 0 Å². The maximum absolute atomic E-state index is 12.9. The summed E-state index contributed by atoms with van der Waals surface area (Å²) in [6.07, 6.45) is 2.46. The van der Waals surface area contributed by atoms with Crippen LogP contribution in [0.4, 0.5) is 10.3 Å². The minimum Gasteiger partial charge on any atom is -0.351 e. The minimum atomic E-state index is -0.273. The van der Waals surface area contributed by atoms with E-state index in [1.807, 2.05) is 0 Å². The van der Waals surface area contributed by atoms with E-state index >= 15 is 0 Å². The van der Waals surface area contributed by atoms with Crippen LogP contribution >= 0.6 is 0 Å². The lowest BCUT2D eigenvalue weighted by Gasteiger charge is -2.08. The lowest BCUT2D eigenvalue weighted by Crippen LogP contribution is -2.26. The second-order valence-electron chi connectivity index (χ2n) is 5.68. The highest BCUT2D eigenvalue weighted by Gasteiger charge is 2.08. The Morgan fingerprint density at radius 1 is 1.22 bits per heavy atom. The molecular formula is C17H21FN4O. The molecule has 0 atom stereocenters. The van der Waals surface area contributed by atoms with Crippen molar-refractivity contribution in [1.29, 1.82) is 0 Å². The van der Waals surface area contributed by atoms with Gasteiger partial charge in [0.1, 0.15) is 11.5 Å². The number of halogens is 1. The van der Waals surface area contributed by atoms with Crippen molar-refractivity contribution in [1.82, 2.24) is 15.3 Å². The zero-order valence-corrected chi connectivity index (χ0v) is 13.3. The van der Waals surface area contributed by atoms with Crippen molar-refractivity contribution >= 4 is 11.9 Å². The molecule has 1 aromatic carbocycles. The Morgan fingerprint density at radius 2 is 1.96 bits per heavy atom. The highest BCUT2D eigenvalue weighted by atomic mass is 19.1. The Balaban J connectivity index is 1.91. The summed E-state index contributed by atoms with van der Waals surface area (Å²) in [4.78, 5) is 20.3. The van der Waals surface area contributed by atoms with Crippen molar-refractivity contribution in [2.45, 2.75) is 26.8 Å². The Morgan fingerprint density at radius 3 is 2.65 bits per heavy atom. The van der Waals surface area contributed by atoms with Crippen molar-refractivity contribution in [3.63, 3.8) is 0 Å². The van der Waals surface area contributed by atoms with Crippen LogP contribution in [0.1, 0.15) is 36.3 Å². The van der Waals surface area contributed by atoms with E-state index in [0.717, 1.165) is 12.0 Å². The fourth-order valence-corrected chi connectivity index (χ4v) is 1.92. The van der Waals surface area contributed by atoms with Gasteiger partial charge in [-0.25, -0.2) is 14.4 Å². The van der Waals surface area contributed by atoms with Gasteiger partial charge >= 0.3 is 0 Å². The van der Waals surface area contributed by atoms with Gasteiger partial charge in [-0.05, 0) is 36.1 Å². The molecule has 1 aromatic heterocycles. The molecule has 0 aliphatic rings. The van der Waals surface area contributed by atoms with Gasteiger partial charge in [0.25, 0.3) is 5.91 Å². The average molecular weight is 316 g/mol. The summed E-state index contributed by atoms with van der Waals surface area (Å²) >= 11 is 0. The van der Waals surface area contributed by atoms with Crippen molar-refractivity contribution in [2.75, 3.05) is 11.9 Å². The van der Waals surface area contributed by atoms with Gasteiger partial charge < -0.3 is 10.6 Å². The number of anilines is 1. The fraction of sp³-hybridized carbons (Fsp3) is 0.353. The van der Waals surface area contributed by atoms with Gasteiger partial charge in [0.2, 0.25) is 5.95 Å². The number of rotatable bonds is 7. The van der Waals surface area contributed by atoms with Gasteiger partial charge in [-0.3, -0.25) is 4.79 Å². The molecule has 0 fully saturated rings. The smallest absolute Gasteiger partial charge is 0.270 e. The molecule has 122 valence electrons. The predicted molar refractivity (Wildman–Crippen MR) is 87.5 cm³/mol. The van der Waals surface area contributed by atoms with Crippen molar-refractivity contribution in [3.05, 3.63) is 53.6 Å². The number of nitrogens with one attached hydrogen (secondary N) is 2. The molecule has 0 unspecified atom stereocenters. The molecule has 0 aliphatic heterocycles. The van der Waals surface area contributed by atoms with E-state index < -0.39 is 0 Å². The quantitative estimate of drug-likeness (QED) is 0.824. The zero-order valence-electron chi connectivity index (χ0n) is 13.3. The van der Waals surface area contributed by atoms with E-state index in [-0.39, 0.29) is 11.7 Å². The molecule has 5 nitrogen and oxygen atoms in total. The second kappa shape index (κ2) is 8.22. The lowest BCUT2D eigenvalue weighted by atomic mass is 10.1. The van der Waals surface area contributed by atoms with Gasteiger partial charge in [-0.1, -0.05) is 26.0 Å². The first-order valence-corrected chi connectivity index (χ1v) is 7.64. The minimum absolute atomic E-state index is 0.210. The van der Waals surface area contributed by atoms with E-state index in [2.05, 4.69) is 34.4 Å². The molecule has 1 amide bonds. The van der Waals surface area contributed by atoms with E-state index in [0.29, 0.717) is 30.6 Å². The summed E-state index contributed by atoms with van der Waals surface area (Å²) in [5, 5.41) is 5.86. The van der Waals surface area contributed by atoms with E-state index in [1.165, 1.54) is 18.3 Å². The highest BCUT2D eigenvalue weighted by Crippen LogP contribution is 2.06. The molecule has 1 heterocycles. The van der Waals surface area contributed by atoms with Crippen LogP contribution in [0.5, 0.6) is 0 Å². The van der Waals surface area contributed by atoms with Crippen LogP contribution in [0.2, 0.25) is 0 Å². The first-order chi connectivity index (χ1) is 11.0. The third-order valence-corrected chi connectivity index (χ3v) is 3.26. The molecule has 6 heteroatoms. The summed E-state index contributed by atoms with van der Waals surface area (Å²) in [5.74, 6) is 0.419. The fourth-order valence-electron chi connectivity index (χ4n) is 1.92. The zero-order chi connectivity index (χ0) is 16.7. The van der Waals surface area contributed by atoms with Gasteiger partial charge in [-0.15, -0.1) is 0 Å². The molecule has 0 radical (unpaired) electrons. The number of carbonyl (C=O) groups is 1. The monoisotopic (exact) mass is 316 g/mol. The number of carbonyl (C=O) groups excluding carboxylic acids is 1. The first-order valence-electron chi connectivity index (χ1n) is 7.64. The summed E-state index contributed by atoms with van der Waals surface area (Å²) in [6.45, 7) is 5.29. The van der Waals surface area contributed by atoms with Crippen LogP contribution in [0.25, 0.3) is 0 Å². The van der Waals surface area contributed by atoms with Gasteiger partial charge in [0.15, 0.2) is 0 Å². The maximum atomic E-state index is 12.9. The molecule has 23 heavy (non-hydrogen) atoms. The van der Waals surface area contributed by atoms with Crippen LogP contribution in [-0.2, 0) is 6.54 Å².